The van der Waals surface area contributed by atoms with E-state index in [1.807, 2.05) is 36.4 Å². The van der Waals surface area contributed by atoms with Crippen molar-refractivity contribution in [1.82, 2.24) is 15.0 Å². The first-order valence-corrected chi connectivity index (χ1v) is 21.0. The molecule has 0 unspecified atom stereocenters. The highest BCUT2D eigenvalue weighted by Crippen LogP contribution is 2.56. The van der Waals surface area contributed by atoms with Gasteiger partial charge in [0.05, 0.1) is 5.41 Å². The average molecular weight is 792 g/mol. The molecule has 4 heteroatoms. The number of rotatable bonds is 7. The van der Waals surface area contributed by atoms with Crippen molar-refractivity contribution >= 4 is 21.9 Å². The number of furan rings is 1. The maximum absolute atomic E-state index is 6.61. The Morgan fingerprint density at radius 2 is 0.806 bits per heavy atom. The maximum atomic E-state index is 6.61. The number of fused-ring (bicyclic) bond motifs is 6. The Bertz CT molecular complexity index is 3400. The summed E-state index contributed by atoms with van der Waals surface area (Å²) < 4.78 is 6.61. The van der Waals surface area contributed by atoms with E-state index in [0.717, 1.165) is 60.9 Å². The van der Waals surface area contributed by atoms with Gasteiger partial charge in [0.15, 0.2) is 17.5 Å². The summed E-state index contributed by atoms with van der Waals surface area (Å²) in [5.41, 5.74) is 15.5. The Morgan fingerprint density at radius 1 is 0.306 bits per heavy atom. The zero-order valence-corrected chi connectivity index (χ0v) is 33.6. The van der Waals surface area contributed by atoms with Crippen molar-refractivity contribution in [3.8, 4) is 67.5 Å². The summed E-state index contributed by atoms with van der Waals surface area (Å²) in [6.45, 7) is 0. The molecule has 0 N–H and O–H groups in total. The molecule has 0 amide bonds. The lowest BCUT2D eigenvalue weighted by atomic mass is 9.67. The van der Waals surface area contributed by atoms with Crippen LogP contribution in [0.1, 0.15) is 22.3 Å². The second-order valence-corrected chi connectivity index (χ2v) is 15.9. The van der Waals surface area contributed by atoms with E-state index in [4.69, 9.17) is 19.4 Å². The van der Waals surface area contributed by atoms with E-state index in [1.54, 1.807) is 0 Å². The lowest BCUT2D eigenvalue weighted by Gasteiger charge is -2.34. The largest absolute Gasteiger partial charge is 0.456 e. The van der Waals surface area contributed by atoms with Crippen LogP contribution < -0.4 is 0 Å². The van der Waals surface area contributed by atoms with E-state index in [2.05, 4.69) is 188 Å². The maximum Gasteiger partial charge on any atom is 0.164 e. The van der Waals surface area contributed by atoms with Gasteiger partial charge in [0.25, 0.3) is 0 Å². The van der Waals surface area contributed by atoms with Crippen LogP contribution in [-0.4, -0.2) is 15.0 Å². The van der Waals surface area contributed by atoms with Crippen LogP contribution in [0.5, 0.6) is 0 Å². The number of nitrogens with zero attached hydrogens (tertiary/aromatic N) is 3. The Morgan fingerprint density at radius 3 is 1.50 bits per heavy atom. The molecule has 0 fully saturated rings. The normalized spacial score (nSPS) is 12.6. The minimum Gasteiger partial charge on any atom is -0.456 e. The van der Waals surface area contributed by atoms with Gasteiger partial charge in [0, 0.05) is 27.5 Å². The third-order valence-corrected chi connectivity index (χ3v) is 12.4. The SMILES string of the molecule is c1ccc(-c2ccc(-c3cc(-c4nc(-c5ccccc5)nc(-c5cccc(C6(c7ccccc7)c7ccccc7-c7ccccc76)c5)n4)c4c(c3)oc3ccccc34)cc2)cc1. The monoisotopic (exact) mass is 791 g/mol. The Labute approximate surface area is 359 Å². The average Bonchev–Trinajstić information content (AvgIpc) is 3.88. The molecule has 290 valence electrons. The van der Waals surface area contributed by atoms with E-state index in [0.29, 0.717) is 17.5 Å². The molecule has 0 atom stereocenters. The second kappa shape index (κ2) is 14.5. The summed E-state index contributed by atoms with van der Waals surface area (Å²) in [5.74, 6) is 1.77. The molecule has 12 rings (SSSR count). The van der Waals surface area contributed by atoms with Crippen molar-refractivity contribution in [3.63, 3.8) is 0 Å². The van der Waals surface area contributed by atoms with Gasteiger partial charge in [0.2, 0.25) is 0 Å². The van der Waals surface area contributed by atoms with Crippen LogP contribution in [0.4, 0.5) is 0 Å². The lowest BCUT2D eigenvalue weighted by molar-refractivity contribution is 0.669. The Kier molecular flexibility index (Phi) is 8.36. The van der Waals surface area contributed by atoms with E-state index in [-0.39, 0.29) is 0 Å². The standard InChI is InChI=1S/C58H37N3O/c1-4-17-38(18-5-1)39-31-33-40(34-32-39)43-36-49(54-48-27-12-15-30-52(48)62-53(54)37-43)57-60-55(41-19-6-2-7-20-41)59-56(61-57)42-21-16-24-45(35-42)58(44-22-8-3-9-23-44)50-28-13-10-25-46(50)47-26-11-14-29-51(47)58/h1-37H. The molecule has 2 aromatic heterocycles. The van der Waals surface area contributed by atoms with Gasteiger partial charge in [-0.25, -0.2) is 15.0 Å². The van der Waals surface area contributed by atoms with Crippen LogP contribution in [-0.2, 0) is 5.41 Å². The van der Waals surface area contributed by atoms with Gasteiger partial charge in [-0.05, 0) is 79.9 Å². The van der Waals surface area contributed by atoms with E-state index < -0.39 is 5.41 Å². The molecule has 1 aliphatic rings. The summed E-state index contributed by atoms with van der Waals surface area (Å²) in [4.78, 5) is 15.9. The van der Waals surface area contributed by atoms with Gasteiger partial charge in [-0.3, -0.25) is 0 Å². The third kappa shape index (κ3) is 5.72. The van der Waals surface area contributed by atoms with Crippen LogP contribution in [0.15, 0.2) is 229 Å². The van der Waals surface area contributed by atoms with Crippen LogP contribution in [0.2, 0.25) is 0 Å². The summed E-state index contributed by atoms with van der Waals surface area (Å²) in [6.07, 6.45) is 0. The predicted octanol–water partition coefficient (Wildman–Crippen LogP) is 14.5. The molecule has 0 saturated carbocycles. The van der Waals surface area contributed by atoms with E-state index in [9.17, 15) is 0 Å². The highest BCUT2D eigenvalue weighted by molar-refractivity contribution is 6.13. The summed E-state index contributed by atoms with van der Waals surface area (Å²) in [5, 5.41) is 1.98. The van der Waals surface area contributed by atoms with Crippen molar-refractivity contribution in [1.29, 1.82) is 0 Å². The van der Waals surface area contributed by atoms with Crippen LogP contribution >= 0.6 is 0 Å². The molecule has 0 saturated heterocycles. The van der Waals surface area contributed by atoms with Gasteiger partial charge in [0.1, 0.15) is 11.2 Å². The molecular weight excluding hydrogens is 755 g/mol. The molecule has 0 bridgehead atoms. The molecule has 62 heavy (non-hydrogen) atoms. The van der Waals surface area contributed by atoms with Crippen LogP contribution in [0.25, 0.3) is 89.5 Å². The van der Waals surface area contributed by atoms with Gasteiger partial charge in [-0.2, -0.15) is 0 Å². The summed E-state index contributed by atoms with van der Waals surface area (Å²) in [7, 11) is 0. The molecular formula is C58H37N3O. The van der Waals surface area contributed by atoms with Crippen molar-refractivity contribution in [3.05, 3.63) is 247 Å². The Hall–Kier alpha value is -8.21. The van der Waals surface area contributed by atoms with Crippen LogP contribution in [0, 0.1) is 0 Å². The quantitative estimate of drug-likeness (QED) is 0.161. The minimum absolute atomic E-state index is 0.561. The second-order valence-electron chi connectivity index (χ2n) is 15.9. The van der Waals surface area contributed by atoms with Gasteiger partial charge < -0.3 is 4.42 Å². The lowest BCUT2D eigenvalue weighted by Crippen LogP contribution is -2.28. The molecule has 1 aliphatic carbocycles. The van der Waals surface area contributed by atoms with E-state index >= 15 is 0 Å². The van der Waals surface area contributed by atoms with Crippen LogP contribution in [0.3, 0.4) is 0 Å². The fraction of sp³-hybridized carbons (Fsp3) is 0.0172. The van der Waals surface area contributed by atoms with Crippen molar-refractivity contribution in [2.24, 2.45) is 0 Å². The fourth-order valence-electron chi connectivity index (χ4n) is 9.63. The molecule has 11 aromatic rings. The number of hydrogen-bond acceptors (Lipinski definition) is 4. The van der Waals surface area contributed by atoms with Crippen molar-refractivity contribution in [2.45, 2.75) is 5.41 Å². The molecule has 9 aromatic carbocycles. The number of benzene rings is 9. The molecule has 4 nitrogen and oxygen atoms in total. The van der Waals surface area contributed by atoms with E-state index in [1.165, 1.54) is 33.4 Å². The topological polar surface area (TPSA) is 51.8 Å². The highest BCUT2D eigenvalue weighted by Gasteiger charge is 2.46. The molecule has 0 spiro atoms. The number of aromatic nitrogens is 3. The first-order valence-electron chi connectivity index (χ1n) is 21.0. The molecule has 0 radical (unpaired) electrons. The summed E-state index contributed by atoms with van der Waals surface area (Å²) >= 11 is 0. The Balaban J connectivity index is 1.08. The third-order valence-electron chi connectivity index (χ3n) is 12.4. The van der Waals surface area contributed by atoms with Gasteiger partial charge >= 0.3 is 0 Å². The summed E-state index contributed by atoms with van der Waals surface area (Å²) in [6, 6.07) is 79.3. The zero-order chi connectivity index (χ0) is 41.0. The molecule has 2 heterocycles. The molecule has 0 aliphatic heterocycles. The highest BCUT2D eigenvalue weighted by atomic mass is 16.3. The minimum atomic E-state index is -0.561. The first kappa shape index (κ1) is 35.7. The predicted molar refractivity (Wildman–Crippen MR) is 252 cm³/mol. The fourth-order valence-corrected chi connectivity index (χ4v) is 9.63. The first-order chi connectivity index (χ1) is 30.7. The van der Waals surface area contributed by atoms with Gasteiger partial charge in [-0.1, -0.05) is 200 Å². The smallest absolute Gasteiger partial charge is 0.164 e. The van der Waals surface area contributed by atoms with Crippen molar-refractivity contribution in [2.75, 3.05) is 0 Å². The zero-order valence-electron chi connectivity index (χ0n) is 33.6. The van der Waals surface area contributed by atoms with Gasteiger partial charge in [-0.15, -0.1) is 0 Å². The number of hydrogen-bond donors (Lipinski definition) is 0. The number of para-hydroxylation sites is 1. The van der Waals surface area contributed by atoms with Crippen molar-refractivity contribution < 1.29 is 4.42 Å².